The average Bonchev–Trinajstić information content (AvgIpc) is 2.68. The van der Waals surface area contributed by atoms with Crippen LogP contribution in [0.3, 0.4) is 0 Å². The maximum atomic E-state index is 13.0. The van der Waals surface area contributed by atoms with E-state index in [1.54, 1.807) is 0 Å². The zero-order valence-corrected chi connectivity index (χ0v) is 9.47. The van der Waals surface area contributed by atoms with E-state index in [2.05, 4.69) is 10.6 Å². The molecule has 2 atom stereocenters. The molecule has 2 N–H and O–H groups in total. The zero-order valence-electron chi connectivity index (χ0n) is 9.47. The molecule has 5 heteroatoms. The molecule has 2 rings (SSSR count). The molecule has 0 spiro atoms. The van der Waals surface area contributed by atoms with Crippen LogP contribution in [0.5, 0.6) is 0 Å². The average molecular weight is 240 g/mol. The summed E-state index contributed by atoms with van der Waals surface area (Å²) < 4.78 is 25.7. The van der Waals surface area contributed by atoms with E-state index >= 15 is 0 Å². The highest BCUT2D eigenvalue weighted by Gasteiger charge is 2.24. The molecule has 1 aliphatic rings. The van der Waals surface area contributed by atoms with E-state index in [4.69, 9.17) is 0 Å². The first-order valence-electron chi connectivity index (χ1n) is 5.54. The van der Waals surface area contributed by atoms with Crippen molar-refractivity contribution in [1.29, 1.82) is 0 Å². The Hall–Kier alpha value is -1.49. The summed E-state index contributed by atoms with van der Waals surface area (Å²) in [6.45, 7) is 3.58. The number of hydrogen-bond donors (Lipinski definition) is 2. The largest absolute Gasteiger partial charge is 0.348 e. The molecule has 0 aliphatic carbocycles. The molecule has 0 bridgehead atoms. The van der Waals surface area contributed by atoms with Crippen molar-refractivity contribution in [2.75, 3.05) is 13.1 Å². The molecule has 0 radical (unpaired) electrons. The van der Waals surface area contributed by atoms with Crippen LogP contribution in [0.4, 0.5) is 8.78 Å². The predicted octanol–water partition coefficient (Wildman–Crippen LogP) is 1.30. The molecule has 17 heavy (non-hydrogen) atoms. The van der Waals surface area contributed by atoms with E-state index in [-0.39, 0.29) is 17.5 Å². The van der Waals surface area contributed by atoms with Gasteiger partial charge >= 0.3 is 0 Å². The molecule has 1 fully saturated rings. The summed E-state index contributed by atoms with van der Waals surface area (Å²) in [4.78, 5) is 11.8. The number of carbonyl (C=O) groups excluding carboxylic acids is 1. The standard InChI is InChI=1S/C12H14F2N2O/c1-7-5-15-6-11(7)16-12(17)8-2-3-9(13)10(14)4-8/h2-4,7,11,15H,5-6H2,1H3,(H,16,17). The molecule has 0 aromatic heterocycles. The van der Waals surface area contributed by atoms with Crippen LogP contribution in [0.25, 0.3) is 0 Å². The van der Waals surface area contributed by atoms with Gasteiger partial charge in [-0.15, -0.1) is 0 Å². The second-order valence-electron chi connectivity index (χ2n) is 4.34. The van der Waals surface area contributed by atoms with Crippen LogP contribution < -0.4 is 10.6 Å². The Morgan fingerprint density at radius 1 is 1.35 bits per heavy atom. The van der Waals surface area contributed by atoms with Gasteiger partial charge in [0.1, 0.15) is 0 Å². The predicted molar refractivity (Wildman–Crippen MR) is 59.6 cm³/mol. The van der Waals surface area contributed by atoms with Crippen molar-refractivity contribution in [3.05, 3.63) is 35.4 Å². The third kappa shape index (κ3) is 2.61. The summed E-state index contributed by atoms with van der Waals surface area (Å²) in [5.41, 5.74) is 0.142. The van der Waals surface area contributed by atoms with E-state index in [0.29, 0.717) is 12.5 Å². The van der Waals surface area contributed by atoms with Gasteiger partial charge in [-0.2, -0.15) is 0 Å². The number of halogens is 2. The van der Waals surface area contributed by atoms with Crippen LogP contribution in [0, 0.1) is 17.6 Å². The van der Waals surface area contributed by atoms with Crippen molar-refractivity contribution in [3.63, 3.8) is 0 Å². The fraction of sp³-hybridized carbons (Fsp3) is 0.417. The first-order chi connectivity index (χ1) is 8.08. The Balaban J connectivity index is 2.06. The van der Waals surface area contributed by atoms with E-state index < -0.39 is 11.6 Å². The minimum Gasteiger partial charge on any atom is -0.348 e. The van der Waals surface area contributed by atoms with E-state index in [9.17, 15) is 13.6 Å². The van der Waals surface area contributed by atoms with Gasteiger partial charge in [0.2, 0.25) is 0 Å². The van der Waals surface area contributed by atoms with Gasteiger partial charge in [-0.05, 0) is 30.7 Å². The van der Waals surface area contributed by atoms with Crippen LogP contribution in [0.1, 0.15) is 17.3 Å². The van der Waals surface area contributed by atoms with Gasteiger partial charge in [0.25, 0.3) is 5.91 Å². The molecule has 1 heterocycles. The Bertz CT molecular complexity index is 437. The number of amides is 1. The number of nitrogens with one attached hydrogen (secondary N) is 2. The Morgan fingerprint density at radius 3 is 2.71 bits per heavy atom. The normalized spacial score (nSPS) is 23.7. The molecular formula is C12H14F2N2O. The zero-order chi connectivity index (χ0) is 12.4. The fourth-order valence-corrected chi connectivity index (χ4v) is 1.89. The number of benzene rings is 1. The molecule has 2 unspecified atom stereocenters. The molecule has 1 saturated heterocycles. The van der Waals surface area contributed by atoms with Crippen LogP contribution in [-0.4, -0.2) is 25.0 Å². The highest BCUT2D eigenvalue weighted by molar-refractivity contribution is 5.94. The van der Waals surface area contributed by atoms with E-state index in [1.807, 2.05) is 6.92 Å². The highest BCUT2D eigenvalue weighted by Crippen LogP contribution is 2.11. The third-order valence-corrected chi connectivity index (χ3v) is 3.02. The molecule has 0 saturated carbocycles. The number of rotatable bonds is 2. The first kappa shape index (κ1) is 12.0. The fourth-order valence-electron chi connectivity index (χ4n) is 1.89. The molecule has 1 aromatic rings. The van der Waals surface area contributed by atoms with Gasteiger partial charge in [0.05, 0.1) is 0 Å². The maximum absolute atomic E-state index is 13.0. The lowest BCUT2D eigenvalue weighted by Crippen LogP contribution is -2.39. The van der Waals surface area contributed by atoms with Gasteiger partial charge in [-0.3, -0.25) is 4.79 Å². The van der Waals surface area contributed by atoms with Crippen molar-refractivity contribution < 1.29 is 13.6 Å². The minimum absolute atomic E-state index is 0.0376. The highest BCUT2D eigenvalue weighted by atomic mass is 19.2. The van der Waals surface area contributed by atoms with Crippen LogP contribution in [-0.2, 0) is 0 Å². The van der Waals surface area contributed by atoms with Crippen molar-refractivity contribution in [2.45, 2.75) is 13.0 Å². The van der Waals surface area contributed by atoms with Crippen LogP contribution >= 0.6 is 0 Å². The third-order valence-electron chi connectivity index (χ3n) is 3.02. The second kappa shape index (κ2) is 4.79. The quantitative estimate of drug-likeness (QED) is 0.818. The molecule has 3 nitrogen and oxygen atoms in total. The van der Waals surface area contributed by atoms with Crippen molar-refractivity contribution in [3.8, 4) is 0 Å². The molecule has 92 valence electrons. The van der Waals surface area contributed by atoms with Gasteiger partial charge in [0.15, 0.2) is 11.6 Å². The summed E-state index contributed by atoms with van der Waals surface area (Å²) in [6, 6.07) is 3.19. The monoisotopic (exact) mass is 240 g/mol. The van der Waals surface area contributed by atoms with Crippen molar-refractivity contribution in [2.24, 2.45) is 5.92 Å². The minimum atomic E-state index is -1.00. The Kier molecular flexibility index (Phi) is 3.38. The smallest absolute Gasteiger partial charge is 0.251 e. The summed E-state index contributed by atoms with van der Waals surface area (Å²) in [5, 5.41) is 5.95. The van der Waals surface area contributed by atoms with Gasteiger partial charge in [0, 0.05) is 18.2 Å². The maximum Gasteiger partial charge on any atom is 0.251 e. The van der Waals surface area contributed by atoms with E-state index in [1.165, 1.54) is 6.07 Å². The molecule has 1 aliphatic heterocycles. The van der Waals surface area contributed by atoms with Gasteiger partial charge < -0.3 is 10.6 Å². The summed E-state index contributed by atoms with van der Waals surface area (Å²) >= 11 is 0. The Morgan fingerprint density at radius 2 is 2.12 bits per heavy atom. The lowest BCUT2D eigenvalue weighted by atomic mass is 10.1. The van der Waals surface area contributed by atoms with Crippen LogP contribution in [0.15, 0.2) is 18.2 Å². The summed E-state index contributed by atoms with van der Waals surface area (Å²) in [6.07, 6.45) is 0. The second-order valence-corrected chi connectivity index (χ2v) is 4.34. The number of carbonyl (C=O) groups is 1. The van der Waals surface area contributed by atoms with Gasteiger partial charge in [-0.25, -0.2) is 8.78 Å². The number of hydrogen-bond acceptors (Lipinski definition) is 2. The lowest BCUT2D eigenvalue weighted by molar-refractivity contribution is 0.0932. The van der Waals surface area contributed by atoms with Crippen molar-refractivity contribution in [1.82, 2.24) is 10.6 Å². The first-order valence-corrected chi connectivity index (χ1v) is 5.54. The van der Waals surface area contributed by atoms with Crippen LogP contribution in [0.2, 0.25) is 0 Å². The van der Waals surface area contributed by atoms with Crippen molar-refractivity contribution >= 4 is 5.91 Å². The Labute approximate surface area is 98.2 Å². The molecule has 1 amide bonds. The summed E-state index contributed by atoms with van der Waals surface area (Å²) in [5.74, 6) is -1.98. The molecular weight excluding hydrogens is 226 g/mol. The molecule has 1 aromatic carbocycles. The van der Waals surface area contributed by atoms with Gasteiger partial charge in [-0.1, -0.05) is 6.92 Å². The SMILES string of the molecule is CC1CNCC1NC(=O)c1ccc(F)c(F)c1. The summed E-state index contributed by atoms with van der Waals surface area (Å²) in [7, 11) is 0. The van der Waals surface area contributed by atoms with E-state index in [0.717, 1.165) is 18.7 Å². The topological polar surface area (TPSA) is 41.1 Å². The lowest BCUT2D eigenvalue weighted by Gasteiger charge is -2.16.